The van der Waals surface area contributed by atoms with Crippen LogP contribution in [0.5, 0.6) is 0 Å². The van der Waals surface area contributed by atoms with Gasteiger partial charge in [-0.2, -0.15) is 0 Å². The van der Waals surface area contributed by atoms with E-state index in [0.717, 1.165) is 5.69 Å². The maximum Gasteiger partial charge on any atom is 0.340 e. The van der Waals surface area contributed by atoms with Crippen molar-refractivity contribution < 1.29 is 19.1 Å². The minimum Gasteiger partial charge on any atom is -0.449 e. The smallest absolute Gasteiger partial charge is 0.340 e. The molecule has 0 unspecified atom stereocenters. The first-order valence-corrected chi connectivity index (χ1v) is 10.3. The number of nitrogens with zero attached hydrogens (tertiary/aromatic N) is 2. The first kappa shape index (κ1) is 22.5. The molecule has 0 aliphatic rings. The quantitative estimate of drug-likeness (QED) is 0.489. The van der Waals surface area contributed by atoms with Gasteiger partial charge in [0.2, 0.25) is 5.91 Å². The largest absolute Gasteiger partial charge is 0.449 e. The van der Waals surface area contributed by atoms with Crippen LogP contribution in [0, 0.1) is 0 Å². The lowest BCUT2D eigenvalue weighted by atomic mass is 10.2. The van der Waals surface area contributed by atoms with Crippen LogP contribution < -0.4 is 4.90 Å². The number of hydrogen-bond donors (Lipinski definition) is 0. The number of carbonyl (C=O) groups is 3. The van der Waals surface area contributed by atoms with Gasteiger partial charge in [-0.05, 0) is 38.1 Å². The number of para-hydroxylation sites is 1. The second-order valence-corrected chi connectivity index (χ2v) is 7.56. The number of carbonyl (C=O) groups excluding carboxylic acids is 3. The molecule has 2 aromatic carbocycles. The van der Waals surface area contributed by atoms with Crippen LogP contribution in [0.1, 0.15) is 24.2 Å². The van der Waals surface area contributed by atoms with Crippen LogP contribution >= 0.6 is 11.8 Å². The summed E-state index contributed by atoms with van der Waals surface area (Å²) in [4.78, 5) is 41.1. The summed E-state index contributed by atoms with van der Waals surface area (Å²) in [6.45, 7) is 3.90. The molecule has 154 valence electrons. The summed E-state index contributed by atoms with van der Waals surface area (Å²) >= 11 is 1.27. The summed E-state index contributed by atoms with van der Waals surface area (Å²) in [6.07, 6.45) is -0.941. The lowest BCUT2D eigenvalue weighted by Crippen LogP contribution is -2.40. The molecule has 0 saturated carbocycles. The predicted molar refractivity (Wildman–Crippen MR) is 115 cm³/mol. The Balaban J connectivity index is 2.09. The second kappa shape index (κ2) is 10.7. The Morgan fingerprint density at radius 2 is 1.62 bits per heavy atom. The molecule has 0 heterocycles. The standard InChI is InChI=1S/C22H26N2O4S/c1-5-24(17-11-7-6-8-12-17)21(26)16(2)28-22(27)18-13-9-10-14-19(18)29-15-20(25)23(3)4/h6-14,16H,5,15H2,1-4H3/t16-/m1/s1. The van der Waals surface area contributed by atoms with Crippen LogP contribution in [0.15, 0.2) is 59.5 Å². The van der Waals surface area contributed by atoms with Crippen molar-refractivity contribution in [2.75, 3.05) is 31.3 Å². The first-order chi connectivity index (χ1) is 13.8. The third-order valence-electron chi connectivity index (χ3n) is 4.24. The summed E-state index contributed by atoms with van der Waals surface area (Å²) in [5, 5.41) is 0. The van der Waals surface area contributed by atoms with Crippen molar-refractivity contribution in [1.29, 1.82) is 0 Å². The summed E-state index contributed by atoms with van der Waals surface area (Å²) in [5.41, 5.74) is 1.09. The highest BCUT2D eigenvalue weighted by Crippen LogP contribution is 2.24. The minimum atomic E-state index is -0.941. The van der Waals surface area contributed by atoms with E-state index >= 15 is 0 Å². The maximum absolute atomic E-state index is 12.8. The highest BCUT2D eigenvalue weighted by Gasteiger charge is 2.25. The van der Waals surface area contributed by atoms with Gasteiger partial charge >= 0.3 is 5.97 Å². The fourth-order valence-electron chi connectivity index (χ4n) is 2.60. The van der Waals surface area contributed by atoms with Crippen molar-refractivity contribution in [2.45, 2.75) is 24.8 Å². The van der Waals surface area contributed by atoms with Gasteiger partial charge in [0, 0.05) is 31.2 Å². The third-order valence-corrected chi connectivity index (χ3v) is 5.30. The van der Waals surface area contributed by atoms with Gasteiger partial charge in [-0.25, -0.2) is 4.79 Å². The molecule has 2 amide bonds. The number of rotatable bonds is 8. The Labute approximate surface area is 175 Å². The molecule has 0 bridgehead atoms. The molecule has 0 aliphatic carbocycles. The van der Waals surface area contributed by atoms with Crippen LogP contribution in [-0.2, 0) is 14.3 Å². The van der Waals surface area contributed by atoms with Crippen LogP contribution in [-0.4, -0.2) is 55.2 Å². The van der Waals surface area contributed by atoms with Crippen molar-refractivity contribution in [3.8, 4) is 0 Å². The Hall–Kier alpha value is -2.80. The van der Waals surface area contributed by atoms with Crippen molar-refractivity contribution >= 4 is 35.2 Å². The molecule has 29 heavy (non-hydrogen) atoms. The highest BCUT2D eigenvalue weighted by atomic mass is 32.2. The normalized spacial score (nSPS) is 11.4. The van der Waals surface area contributed by atoms with E-state index < -0.39 is 12.1 Å². The highest BCUT2D eigenvalue weighted by molar-refractivity contribution is 8.00. The molecular formula is C22H26N2O4S. The van der Waals surface area contributed by atoms with Gasteiger partial charge in [-0.3, -0.25) is 9.59 Å². The molecule has 0 radical (unpaired) electrons. The van der Waals surface area contributed by atoms with Crippen LogP contribution in [0.4, 0.5) is 5.69 Å². The van der Waals surface area contributed by atoms with E-state index in [9.17, 15) is 14.4 Å². The number of benzene rings is 2. The van der Waals surface area contributed by atoms with Gasteiger partial charge in [0.15, 0.2) is 6.10 Å². The molecule has 0 fully saturated rings. The van der Waals surface area contributed by atoms with E-state index in [-0.39, 0.29) is 17.6 Å². The number of esters is 1. The molecular weight excluding hydrogens is 388 g/mol. The van der Waals surface area contributed by atoms with Gasteiger partial charge in [-0.15, -0.1) is 11.8 Å². The van der Waals surface area contributed by atoms with Crippen molar-refractivity contribution in [3.63, 3.8) is 0 Å². The number of amides is 2. The Bertz CT molecular complexity index is 855. The van der Waals surface area contributed by atoms with E-state index in [1.165, 1.54) is 16.7 Å². The first-order valence-electron chi connectivity index (χ1n) is 9.34. The fraction of sp³-hybridized carbons (Fsp3) is 0.318. The molecule has 0 aliphatic heterocycles. The van der Waals surface area contributed by atoms with Gasteiger partial charge in [0.05, 0.1) is 11.3 Å². The van der Waals surface area contributed by atoms with Crippen molar-refractivity contribution in [1.82, 2.24) is 4.90 Å². The molecule has 0 spiro atoms. The molecule has 6 nitrogen and oxygen atoms in total. The monoisotopic (exact) mass is 414 g/mol. The van der Waals surface area contributed by atoms with Crippen molar-refractivity contribution in [3.05, 3.63) is 60.2 Å². The van der Waals surface area contributed by atoms with Gasteiger partial charge in [0.1, 0.15) is 0 Å². The summed E-state index contributed by atoms with van der Waals surface area (Å²) in [6, 6.07) is 16.2. The number of likely N-dealkylation sites (N-methyl/N-ethyl adjacent to an activating group) is 1. The summed E-state index contributed by atoms with van der Waals surface area (Å²) in [5.74, 6) is -0.720. The van der Waals surface area contributed by atoms with Crippen LogP contribution in [0.3, 0.4) is 0 Å². The van der Waals surface area contributed by atoms with Gasteiger partial charge < -0.3 is 14.5 Å². The average molecular weight is 415 g/mol. The lowest BCUT2D eigenvalue weighted by molar-refractivity contribution is -0.126. The van der Waals surface area contributed by atoms with E-state index in [1.807, 2.05) is 37.3 Å². The minimum absolute atomic E-state index is 0.0526. The average Bonchev–Trinajstić information content (AvgIpc) is 2.73. The number of thioether (sulfide) groups is 1. The zero-order valence-corrected chi connectivity index (χ0v) is 17.9. The number of ether oxygens (including phenoxy) is 1. The summed E-state index contributed by atoms with van der Waals surface area (Å²) in [7, 11) is 3.37. The van der Waals surface area contributed by atoms with E-state index in [0.29, 0.717) is 17.0 Å². The molecule has 0 aromatic heterocycles. The molecule has 0 N–H and O–H groups in total. The maximum atomic E-state index is 12.8. The molecule has 0 saturated heterocycles. The number of hydrogen-bond acceptors (Lipinski definition) is 5. The van der Waals surface area contributed by atoms with E-state index in [2.05, 4.69) is 0 Å². The van der Waals surface area contributed by atoms with Gasteiger partial charge in [0.25, 0.3) is 5.91 Å². The molecule has 2 rings (SSSR count). The van der Waals surface area contributed by atoms with Gasteiger partial charge in [-0.1, -0.05) is 30.3 Å². The van der Waals surface area contributed by atoms with E-state index in [1.54, 1.807) is 50.2 Å². The zero-order valence-electron chi connectivity index (χ0n) is 17.1. The Morgan fingerprint density at radius 1 is 1.00 bits per heavy atom. The molecule has 2 aromatic rings. The SMILES string of the molecule is CCN(C(=O)[C@@H](C)OC(=O)c1ccccc1SCC(=O)N(C)C)c1ccccc1. The zero-order chi connectivity index (χ0) is 21.4. The lowest BCUT2D eigenvalue weighted by Gasteiger charge is -2.24. The molecule has 7 heteroatoms. The summed E-state index contributed by atoms with van der Waals surface area (Å²) < 4.78 is 5.46. The fourth-order valence-corrected chi connectivity index (χ4v) is 3.62. The topological polar surface area (TPSA) is 66.9 Å². The van der Waals surface area contributed by atoms with Crippen LogP contribution in [0.25, 0.3) is 0 Å². The van der Waals surface area contributed by atoms with E-state index in [4.69, 9.17) is 4.74 Å². The third kappa shape index (κ3) is 6.09. The predicted octanol–water partition coefficient (Wildman–Crippen LogP) is 3.47. The van der Waals surface area contributed by atoms with Crippen molar-refractivity contribution in [2.24, 2.45) is 0 Å². The Kier molecular flexibility index (Phi) is 8.27. The Morgan fingerprint density at radius 3 is 2.24 bits per heavy atom. The van der Waals surface area contributed by atoms with Crippen LogP contribution in [0.2, 0.25) is 0 Å². The molecule has 1 atom stereocenters. The second-order valence-electron chi connectivity index (χ2n) is 6.54. The number of anilines is 1.